The standard InChI is InChI=1S/C13H27NO/c1-3-12(4-2)11-14-8-5-13(6-9-14)7-10-15/h12-13,15H,3-11H2,1-2H3. The molecule has 1 aliphatic rings. The zero-order valence-electron chi connectivity index (χ0n) is 10.4. The summed E-state index contributed by atoms with van der Waals surface area (Å²) < 4.78 is 0. The summed E-state index contributed by atoms with van der Waals surface area (Å²) in [5.74, 6) is 1.67. The Labute approximate surface area is 94.7 Å². The van der Waals surface area contributed by atoms with E-state index < -0.39 is 0 Å². The molecule has 0 saturated carbocycles. The molecule has 1 aliphatic heterocycles. The third kappa shape index (κ3) is 4.52. The van der Waals surface area contributed by atoms with Crippen LogP contribution in [-0.4, -0.2) is 36.2 Å². The van der Waals surface area contributed by atoms with Crippen molar-refractivity contribution in [2.45, 2.75) is 46.0 Å². The zero-order chi connectivity index (χ0) is 11.1. The molecule has 1 N–H and O–H groups in total. The van der Waals surface area contributed by atoms with Gasteiger partial charge in [0.25, 0.3) is 0 Å². The zero-order valence-corrected chi connectivity index (χ0v) is 10.4. The number of piperidine rings is 1. The topological polar surface area (TPSA) is 23.5 Å². The summed E-state index contributed by atoms with van der Waals surface area (Å²) >= 11 is 0. The Morgan fingerprint density at radius 2 is 1.80 bits per heavy atom. The number of rotatable bonds is 6. The van der Waals surface area contributed by atoms with Crippen molar-refractivity contribution in [2.75, 3.05) is 26.2 Å². The van der Waals surface area contributed by atoms with E-state index in [0.717, 1.165) is 18.3 Å². The molecule has 0 aliphatic carbocycles. The van der Waals surface area contributed by atoms with Gasteiger partial charge in [0.15, 0.2) is 0 Å². The first-order valence-corrected chi connectivity index (χ1v) is 6.63. The van der Waals surface area contributed by atoms with E-state index in [9.17, 15) is 0 Å². The van der Waals surface area contributed by atoms with Gasteiger partial charge in [0.05, 0.1) is 0 Å². The van der Waals surface area contributed by atoms with Crippen LogP contribution in [0.3, 0.4) is 0 Å². The minimum atomic E-state index is 0.372. The molecule has 90 valence electrons. The molecule has 2 heteroatoms. The Bertz CT molecular complexity index is 149. The van der Waals surface area contributed by atoms with Gasteiger partial charge in [-0.15, -0.1) is 0 Å². The summed E-state index contributed by atoms with van der Waals surface area (Å²) in [6.07, 6.45) is 6.22. The van der Waals surface area contributed by atoms with Crippen LogP contribution in [0.2, 0.25) is 0 Å². The van der Waals surface area contributed by atoms with Gasteiger partial charge in [0, 0.05) is 13.2 Å². The summed E-state index contributed by atoms with van der Waals surface area (Å²) in [5, 5.41) is 8.89. The summed E-state index contributed by atoms with van der Waals surface area (Å²) in [6, 6.07) is 0. The van der Waals surface area contributed by atoms with Crippen molar-refractivity contribution in [3.8, 4) is 0 Å². The van der Waals surface area contributed by atoms with Crippen LogP contribution in [0.4, 0.5) is 0 Å². The van der Waals surface area contributed by atoms with Crippen LogP contribution >= 0.6 is 0 Å². The van der Waals surface area contributed by atoms with Crippen LogP contribution in [0.15, 0.2) is 0 Å². The molecule has 1 rings (SSSR count). The number of aliphatic hydroxyl groups excluding tert-OH is 1. The van der Waals surface area contributed by atoms with Gasteiger partial charge >= 0.3 is 0 Å². The van der Waals surface area contributed by atoms with Crippen molar-refractivity contribution in [1.82, 2.24) is 4.90 Å². The lowest BCUT2D eigenvalue weighted by Crippen LogP contribution is -2.37. The number of hydrogen-bond acceptors (Lipinski definition) is 2. The van der Waals surface area contributed by atoms with E-state index in [1.807, 2.05) is 0 Å². The lowest BCUT2D eigenvalue weighted by atomic mass is 9.92. The molecule has 2 nitrogen and oxygen atoms in total. The van der Waals surface area contributed by atoms with Gasteiger partial charge in [-0.3, -0.25) is 0 Å². The molecule has 15 heavy (non-hydrogen) atoms. The quantitative estimate of drug-likeness (QED) is 0.733. The second kappa shape index (κ2) is 7.24. The third-order valence-electron chi connectivity index (χ3n) is 3.92. The molecule has 0 aromatic heterocycles. The van der Waals surface area contributed by atoms with Crippen molar-refractivity contribution in [2.24, 2.45) is 11.8 Å². The molecule has 0 aromatic carbocycles. The largest absolute Gasteiger partial charge is 0.396 e. The van der Waals surface area contributed by atoms with E-state index in [1.165, 1.54) is 45.3 Å². The van der Waals surface area contributed by atoms with Crippen LogP contribution in [-0.2, 0) is 0 Å². The third-order valence-corrected chi connectivity index (χ3v) is 3.92. The molecule has 0 atom stereocenters. The van der Waals surface area contributed by atoms with Crippen LogP contribution < -0.4 is 0 Å². The fraction of sp³-hybridized carbons (Fsp3) is 1.00. The smallest absolute Gasteiger partial charge is 0.0433 e. The molecule has 0 aromatic rings. The second-order valence-electron chi connectivity index (χ2n) is 4.94. The van der Waals surface area contributed by atoms with Crippen molar-refractivity contribution >= 4 is 0 Å². The van der Waals surface area contributed by atoms with Crippen LogP contribution in [0.1, 0.15) is 46.0 Å². The number of aliphatic hydroxyl groups is 1. The van der Waals surface area contributed by atoms with E-state index in [-0.39, 0.29) is 0 Å². The van der Waals surface area contributed by atoms with Crippen molar-refractivity contribution in [3.63, 3.8) is 0 Å². The highest BCUT2D eigenvalue weighted by Crippen LogP contribution is 2.21. The minimum absolute atomic E-state index is 0.372. The molecule has 1 saturated heterocycles. The van der Waals surface area contributed by atoms with E-state index >= 15 is 0 Å². The van der Waals surface area contributed by atoms with Crippen molar-refractivity contribution in [3.05, 3.63) is 0 Å². The van der Waals surface area contributed by atoms with E-state index in [0.29, 0.717) is 6.61 Å². The molecule has 0 bridgehead atoms. The Hall–Kier alpha value is -0.0800. The van der Waals surface area contributed by atoms with E-state index in [2.05, 4.69) is 18.7 Å². The first-order chi connectivity index (χ1) is 7.30. The maximum atomic E-state index is 8.89. The average Bonchev–Trinajstić information content (AvgIpc) is 2.28. The summed E-state index contributed by atoms with van der Waals surface area (Å²) in [4.78, 5) is 2.62. The van der Waals surface area contributed by atoms with Gasteiger partial charge in [-0.25, -0.2) is 0 Å². The number of hydrogen-bond donors (Lipinski definition) is 1. The fourth-order valence-corrected chi connectivity index (χ4v) is 2.55. The molecule has 0 amide bonds. The molecule has 0 radical (unpaired) electrons. The van der Waals surface area contributed by atoms with Gasteiger partial charge < -0.3 is 10.0 Å². The lowest BCUT2D eigenvalue weighted by Gasteiger charge is -2.33. The van der Waals surface area contributed by atoms with Gasteiger partial charge in [-0.05, 0) is 44.2 Å². The molecule has 0 spiro atoms. The maximum Gasteiger partial charge on any atom is 0.0433 e. The highest BCUT2D eigenvalue weighted by atomic mass is 16.3. The minimum Gasteiger partial charge on any atom is -0.396 e. The average molecular weight is 213 g/mol. The van der Waals surface area contributed by atoms with Gasteiger partial charge in [0.1, 0.15) is 0 Å². The Kier molecular flexibility index (Phi) is 6.26. The first-order valence-electron chi connectivity index (χ1n) is 6.63. The SMILES string of the molecule is CCC(CC)CN1CCC(CCO)CC1. The Morgan fingerprint density at radius 1 is 1.20 bits per heavy atom. The van der Waals surface area contributed by atoms with Gasteiger partial charge in [-0.2, -0.15) is 0 Å². The van der Waals surface area contributed by atoms with Gasteiger partial charge in [-0.1, -0.05) is 26.7 Å². The monoisotopic (exact) mass is 213 g/mol. The van der Waals surface area contributed by atoms with Crippen molar-refractivity contribution in [1.29, 1.82) is 0 Å². The molecular formula is C13H27NO. The summed E-state index contributed by atoms with van der Waals surface area (Å²) in [5.41, 5.74) is 0. The highest BCUT2D eigenvalue weighted by Gasteiger charge is 2.20. The number of likely N-dealkylation sites (tertiary alicyclic amines) is 1. The van der Waals surface area contributed by atoms with Gasteiger partial charge in [0.2, 0.25) is 0 Å². The molecule has 1 fully saturated rings. The predicted molar refractivity (Wildman–Crippen MR) is 64.9 cm³/mol. The van der Waals surface area contributed by atoms with Crippen LogP contribution in [0, 0.1) is 11.8 Å². The Balaban J connectivity index is 2.19. The Morgan fingerprint density at radius 3 is 2.27 bits per heavy atom. The summed E-state index contributed by atoms with van der Waals surface area (Å²) in [7, 11) is 0. The summed E-state index contributed by atoms with van der Waals surface area (Å²) in [6.45, 7) is 8.76. The van der Waals surface area contributed by atoms with Crippen LogP contribution in [0.25, 0.3) is 0 Å². The molecule has 0 unspecified atom stereocenters. The number of nitrogens with zero attached hydrogens (tertiary/aromatic N) is 1. The van der Waals surface area contributed by atoms with Crippen molar-refractivity contribution < 1.29 is 5.11 Å². The molecular weight excluding hydrogens is 186 g/mol. The predicted octanol–water partition coefficient (Wildman–Crippen LogP) is 2.52. The fourth-order valence-electron chi connectivity index (χ4n) is 2.55. The molecule has 1 heterocycles. The normalized spacial score (nSPS) is 20.0. The second-order valence-corrected chi connectivity index (χ2v) is 4.94. The van der Waals surface area contributed by atoms with Crippen LogP contribution in [0.5, 0.6) is 0 Å². The highest BCUT2D eigenvalue weighted by molar-refractivity contribution is 4.73. The van der Waals surface area contributed by atoms with E-state index in [4.69, 9.17) is 5.11 Å². The van der Waals surface area contributed by atoms with E-state index in [1.54, 1.807) is 0 Å². The lowest BCUT2D eigenvalue weighted by molar-refractivity contribution is 0.139. The first kappa shape index (κ1) is 13.0. The maximum absolute atomic E-state index is 8.89.